The highest BCUT2D eigenvalue weighted by Gasteiger charge is 2.21. The number of Topliss-reactive ketones (excluding diaryl/α,β-unsaturated/α-hetero) is 1. The number of fused-ring (bicyclic) bond motifs is 1. The highest BCUT2D eigenvalue weighted by atomic mass is 32.1. The second-order valence-corrected chi connectivity index (χ2v) is 4.23. The van der Waals surface area contributed by atoms with Crippen molar-refractivity contribution in [1.29, 1.82) is 0 Å². The zero-order valence-corrected chi connectivity index (χ0v) is 7.82. The molecule has 1 heterocycles. The summed E-state index contributed by atoms with van der Waals surface area (Å²) >= 11 is 1.35. The highest BCUT2D eigenvalue weighted by Crippen LogP contribution is 2.29. The Labute approximate surface area is 79.6 Å². The van der Waals surface area contributed by atoms with E-state index in [1.54, 1.807) is 6.07 Å². The molecule has 2 N–H and O–H groups in total. The van der Waals surface area contributed by atoms with Gasteiger partial charge in [0.2, 0.25) is 0 Å². The number of ketones is 1. The molecule has 1 aliphatic rings. The van der Waals surface area contributed by atoms with Gasteiger partial charge in [0.15, 0.2) is 5.78 Å². The van der Waals surface area contributed by atoms with E-state index < -0.39 is 5.91 Å². The standard InChI is InChI=1S/C9H9NO2S/c10-9(12)8-4-5-6(11)2-1-3-7(5)13-8/h4H,1-3H2,(H2,10,12). The van der Waals surface area contributed by atoms with E-state index in [4.69, 9.17) is 5.73 Å². The summed E-state index contributed by atoms with van der Waals surface area (Å²) in [7, 11) is 0. The summed E-state index contributed by atoms with van der Waals surface area (Å²) in [5.41, 5.74) is 5.84. The monoisotopic (exact) mass is 195 g/mol. The molecular weight excluding hydrogens is 186 g/mol. The van der Waals surface area contributed by atoms with E-state index in [0.717, 1.165) is 17.7 Å². The molecule has 0 fully saturated rings. The van der Waals surface area contributed by atoms with Crippen molar-refractivity contribution in [3.05, 3.63) is 21.4 Å². The van der Waals surface area contributed by atoms with Gasteiger partial charge in [-0.3, -0.25) is 9.59 Å². The van der Waals surface area contributed by atoms with Crippen LogP contribution in [0.3, 0.4) is 0 Å². The lowest BCUT2D eigenvalue weighted by molar-refractivity contribution is 0.0973. The smallest absolute Gasteiger partial charge is 0.258 e. The van der Waals surface area contributed by atoms with E-state index in [2.05, 4.69) is 0 Å². The Bertz CT molecular complexity index is 381. The summed E-state index contributed by atoms with van der Waals surface area (Å²) in [6.07, 6.45) is 2.39. The number of hydrogen-bond acceptors (Lipinski definition) is 3. The minimum absolute atomic E-state index is 0.144. The maximum Gasteiger partial charge on any atom is 0.258 e. The van der Waals surface area contributed by atoms with Crippen LogP contribution in [0, 0.1) is 0 Å². The molecule has 13 heavy (non-hydrogen) atoms. The van der Waals surface area contributed by atoms with Crippen molar-refractivity contribution in [2.24, 2.45) is 5.73 Å². The molecule has 0 saturated carbocycles. The molecule has 0 radical (unpaired) electrons. The maximum absolute atomic E-state index is 11.4. The van der Waals surface area contributed by atoms with Crippen molar-refractivity contribution in [3.63, 3.8) is 0 Å². The number of carbonyl (C=O) groups excluding carboxylic acids is 2. The molecule has 4 heteroatoms. The van der Waals surface area contributed by atoms with Crippen molar-refractivity contribution in [1.82, 2.24) is 0 Å². The second-order valence-electron chi connectivity index (χ2n) is 3.09. The molecule has 1 amide bonds. The Hall–Kier alpha value is -1.16. The van der Waals surface area contributed by atoms with E-state index in [-0.39, 0.29) is 5.78 Å². The minimum atomic E-state index is -0.438. The normalized spacial score (nSPS) is 15.5. The molecule has 0 bridgehead atoms. The zero-order chi connectivity index (χ0) is 9.42. The van der Waals surface area contributed by atoms with Crippen LogP contribution in [0.25, 0.3) is 0 Å². The topological polar surface area (TPSA) is 60.2 Å². The first-order valence-corrected chi connectivity index (χ1v) is 4.96. The van der Waals surface area contributed by atoms with Crippen LogP contribution in [0.1, 0.15) is 37.7 Å². The molecule has 0 unspecified atom stereocenters. The molecule has 1 aliphatic carbocycles. The van der Waals surface area contributed by atoms with Gasteiger partial charge in [0, 0.05) is 16.9 Å². The van der Waals surface area contributed by atoms with Gasteiger partial charge in [-0.25, -0.2) is 0 Å². The third kappa shape index (κ3) is 1.37. The van der Waals surface area contributed by atoms with Crippen LogP contribution in [0.2, 0.25) is 0 Å². The van der Waals surface area contributed by atoms with Crippen molar-refractivity contribution < 1.29 is 9.59 Å². The first-order valence-electron chi connectivity index (χ1n) is 4.14. The van der Waals surface area contributed by atoms with Crippen LogP contribution in [-0.2, 0) is 6.42 Å². The molecule has 68 valence electrons. The Balaban J connectivity index is 2.48. The third-order valence-electron chi connectivity index (χ3n) is 2.16. The average Bonchev–Trinajstić information content (AvgIpc) is 2.49. The lowest BCUT2D eigenvalue weighted by atomic mass is 9.98. The summed E-state index contributed by atoms with van der Waals surface area (Å²) in [6, 6.07) is 1.63. The minimum Gasteiger partial charge on any atom is -0.365 e. The summed E-state index contributed by atoms with van der Waals surface area (Å²) in [5.74, 6) is -0.294. The summed E-state index contributed by atoms with van der Waals surface area (Å²) < 4.78 is 0. The summed E-state index contributed by atoms with van der Waals surface area (Å²) in [4.78, 5) is 23.7. The van der Waals surface area contributed by atoms with Crippen LogP contribution in [0.5, 0.6) is 0 Å². The van der Waals surface area contributed by atoms with Crippen LogP contribution < -0.4 is 5.73 Å². The molecule has 0 saturated heterocycles. The number of hydrogen-bond donors (Lipinski definition) is 1. The molecule has 3 nitrogen and oxygen atoms in total. The number of amides is 1. The number of carbonyl (C=O) groups is 2. The zero-order valence-electron chi connectivity index (χ0n) is 7.00. The fraction of sp³-hybridized carbons (Fsp3) is 0.333. The Kier molecular flexibility index (Phi) is 1.92. The lowest BCUT2D eigenvalue weighted by Gasteiger charge is -2.07. The number of primary amides is 1. The van der Waals surface area contributed by atoms with Gasteiger partial charge in [-0.15, -0.1) is 11.3 Å². The van der Waals surface area contributed by atoms with E-state index in [1.807, 2.05) is 0 Å². The quantitative estimate of drug-likeness (QED) is 0.735. The van der Waals surface area contributed by atoms with Gasteiger partial charge in [0.25, 0.3) is 5.91 Å². The average molecular weight is 195 g/mol. The van der Waals surface area contributed by atoms with Gasteiger partial charge in [-0.1, -0.05) is 0 Å². The largest absolute Gasteiger partial charge is 0.365 e. The number of rotatable bonds is 1. The summed E-state index contributed by atoms with van der Waals surface area (Å²) in [5, 5.41) is 0. The molecule has 1 aromatic rings. The van der Waals surface area contributed by atoms with Gasteiger partial charge in [0.1, 0.15) is 0 Å². The van der Waals surface area contributed by atoms with Crippen molar-refractivity contribution in [3.8, 4) is 0 Å². The molecule has 0 aromatic carbocycles. The summed E-state index contributed by atoms with van der Waals surface area (Å²) in [6.45, 7) is 0. The van der Waals surface area contributed by atoms with Crippen LogP contribution in [-0.4, -0.2) is 11.7 Å². The number of thiophene rings is 1. The van der Waals surface area contributed by atoms with E-state index in [9.17, 15) is 9.59 Å². The van der Waals surface area contributed by atoms with Gasteiger partial charge in [-0.05, 0) is 18.9 Å². The molecule has 2 rings (SSSR count). The van der Waals surface area contributed by atoms with Crippen LogP contribution in [0.15, 0.2) is 6.07 Å². The predicted molar refractivity (Wildman–Crippen MR) is 50.1 cm³/mol. The Morgan fingerprint density at radius 1 is 1.46 bits per heavy atom. The third-order valence-corrected chi connectivity index (χ3v) is 3.37. The van der Waals surface area contributed by atoms with Crippen molar-refractivity contribution >= 4 is 23.0 Å². The predicted octanol–water partition coefficient (Wildman–Crippen LogP) is 1.37. The number of nitrogens with two attached hydrogens (primary N) is 1. The fourth-order valence-corrected chi connectivity index (χ4v) is 2.59. The first kappa shape index (κ1) is 8.44. The SMILES string of the molecule is NC(=O)c1cc2c(s1)CCCC2=O. The van der Waals surface area contributed by atoms with Gasteiger partial charge in [0.05, 0.1) is 4.88 Å². The van der Waals surface area contributed by atoms with Gasteiger partial charge in [-0.2, -0.15) is 0 Å². The second kappa shape index (κ2) is 2.96. The molecule has 1 aromatic heterocycles. The first-order chi connectivity index (χ1) is 6.18. The number of aryl methyl sites for hydroxylation is 1. The van der Waals surface area contributed by atoms with Crippen molar-refractivity contribution in [2.75, 3.05) is 0 Å². The van der Waals surface area contributed by atoms with E-state index >= 15 is 0 Å². The maximum atomic E-state index is 11.4. The van der Waals surface area contributed by atoms with Crippen LogP contribution >= 0.6 is 11.3 Å². The Morgan fingerprint density at radius 3 is 2.85 bits per heavy atom. The highest BCUT2D eigenvalue weighted by molar-refractivity contribution is 7.14. The Morgan fingerprint density at radius 2 is 2.23 bits per heavy atom. The van der Waals surface area contributed by atoms with E-state index in [0.29, 0.717) is 16.9 Å². The lowest BCUT2D eigenvalue weighted by Crippen LogP contribution is -2.09. The van der Waals surface area contributed by atoms with Gasteiger partial charge >= 0.3 is 0 Å². The molecular formula is C9H9NO2S. The van der Waals surface area contributed by atoms with E-state index in [1.165, 1.54) is 11.3 Å². The van der Waals surface area contributed by atoms with Crippen molar-refractivity contribution in [2.45, 2.75) is 19.3 Å². The molecule has 0 spiro atoms. The molecule has 0 atom stereocenters. The molecule has 0 aliphatic heterocycles. The van der Waals surface area contributed by atoms with Gasteiger partial charge < -0.3 is 5.73 Å². The van der Waals surface area contributed by atoms with Crippen LogP contribution in [0.4, 0.5) is 0 Å². The fourth-order valence-electron chi connectivity index (χ4n) is 1.52.